The molecule has 32 heavy (non-hydrogen) atoms. The van der Waals surface area contributed by atoms with Gasteiger partial charge in [-0.15, -0.1) is 0 Å². The Morgan fingerprint density at radius 1 is 1.22 bits per heavy atom. The molecule has 4 unspecified atom stereocenters. The van der Waals surface area contributed by atoms with Crippen molar-refractivity contribution in [1.82, 2.24) is 9.88 Å². The summed E-state index contributed by atoms with van der Waals surface area (Å²) >= 11 is 0. The molecule has 4 bridgehead atoms. The molecular weight excluding hydrogens is 404 g/mol. The molecule has 5 fully saturated rings. The number of nitrogens with zero attached hydrogens (tertiary/aromatic N) is 3. The van der Waals surface area contributed by atoms with Crippen molar-refractivity contribution in [2.24, 2.45) is 17.8 Å². The summed E-state index contributed by atoms with van der Waals surface area (Å²) in [5.74, 6) is 2.01. The topological polar surface area (TPSA) is 98.5 Å². The van der Waals surface area contributed by atoms with Crippen LogP contribution in [-0.2, 0) is 4.74 Å². The van der Waals surface area contributed by atoms with Crippen LogP contribution in [0.1, 0.15) is 44.1 Å². The summed E-state index contributed by atoms with van der Waals surface area (Å²) < 4.78 is 6.04. The summed E-state index contributed by atoms with van der Waals surface area (Å²) in [5.41, 5.74) is 0.954. The number of nitriles is 1. The molecule has 5 aliphatic rings. The maximum absolute atomic E-state index is 12.9. The molecule has 1 amide bonds. The number of benzene rings is 1. The van der Waals surface area contributed by atoms with Crippen molar-refractivity contribution >= 4 is 22.8 Å². The largest absolute Gasteiger partial charge is 0.446 e. The second-order valence-corrected chi connectivity index (χ2v) is 10.3. The number of rotatable bonds is 3. The first-order valence-electron chi connectivity index (χ1n) is 11.7. The van der Waals surface area contributed by atoms with Gasteiger partial charge in [-0.2, -0.15) is 5.26 Å². The molecule has 7 rings (SSSR count). The predicted molar refractivity (Wildman–Crippen MR) is 119 cm³/mol. The molecular formula is C25H28N4O3. The maximum Gasteiger partial charge on any atom is 0.410 e. The number of nitrogens with one attached hydrogen (secondary N) is 1. The predicted octanol–water partition coefficient (Wildman–Crippen LogP) is 3.67. The van der Waals surface area contributed by atoms with Crippen LogP contribution in [0.5, 0.6) is 0 Å². The van der Waals surface area contributed by atoms with E-state index in [2.05, 4.69) is 16.4 Å². The van der Waals surface area contributed by atoms with Gasteiger partial charge in [-0.1, -0.05) is 0 Å². The second kappa shape index (κ2) is 7.35. The molecule has 4 saturated carbocycles. The monoisotopic (exact) mass is 432 g/mol. The lowest BCUT2D eigenvalue weighted by atomic mass is 9.53. The van der Waals surface area contributed by atoms with E-state index in [0.717, 1.165) is 55.2 Å². The molecule has 2 heterocycles. The molecule has 2 N–H and O–H groups in total. The van der Waals surface area contributed by atoms with Gasteiger partial charge in [0, 0.05) is 24.5 Å². The van der Waals surface area contributed by atoms with Crippen molar-refractivity contribution in [3.05, 3.63) is 35.9 Å². The summed E-state index contributed by atoms with van der Waals surface area (Å²) in [7, 11) is 0. The molecule has 1 saturated heterocycles. The lowest BCUT2D eigenvalue weighted by Crippen LogP contribution is -2.58. The molecule has 166 valence electrons. The fourth-order valence-corrected chi connectivity index (χ4v) is 6.85. The summed E-state index contributed by atoms with van der Waals surface area (Å²) in [6, 6.07) is 11.6. The molecule has 1 aromatic carbocycles. The van der Waals surface area contributed by atoms with Gasteiger partial charge in [-0.25, -0.2) is 9.78 Å². The highest BCUT2D eigenvalue weighted by Crippen LogP contribution is 2.56. The van der Waals surface area contributed by atoms with E-state index in [-0.39, 0.29) is 18.2 Å². The third-order valence-electron chi connectivity index (χ3n) is 8.01. The molecule has 6 atom stereocenters. The zero-order valence-electron chi connectivity index (χ0n) is 18.0. The minimum absolute atomic E-state index is 0.0354. The Kier molecular flexibility index (Phi) is 4.55. The Morgan fingerprint density at radius 2 is 2.03 bits per heavy atom. The number of hydrogen-bond acceptors (Lipinski definition) is 6. The van der Waals surface area contributed by atoms with Crippen molar-refractivity contribution in [2.45, 2.75) is 56.3 Å². The first-order valence-corrected chi connectivity index (χ1v) is 11.7. The van der Waals surface area contributed by atoms with E-state index in [1.54, 1.807) is 11.0 Å². The Hall–Kier alpha value is -2.85. The standard InChI is InChI=1S/C25H28N4O3/c26-13-15-1-3-21-17(7-15)2-4-22(28-21)27-20-5-6-29(14-20)24(30)32-23-18-8-16-9-19(23)12-25(31,10-16)11-18/h1-4,7,16,18-20,23,31H,5-6,8-12,14H2,(H,27,28)/t16?,18-,19?,20+,23?,25?/m0/s1. The van der Waals surface area contributed by atoms with Crippen LogP contribution in [-0.4, -0.2) is 51.9 Å². The zero-order valence-corrected chi connectivity index (χ0v) is 18.0. The average molecular weight is 433 g/mol. The fourth-order valence-electron chi connectivity index (χ4n) is 6.85. The molecule has 2 aromatic rings. The van der Waals surface area contributed by atoms with Gasteiger partial charge in [-0.05, 0) is 86.6 Å². The van der Waals surface area contributed by atoms with Crippen LogP contribution in [0, 0.1) is 29.1 Å². The Labute approximate surface area is 187 Å². The number of likely N-dealkylation sites (tertiary alicyclic amines) is 1. The van der Waals surface area contributed by atoms with Crippen LogP contribution >= 0.6 is 0 Å². The lowest BCUT2D eigenvalue weighted by molar-refractivity contribution is -0.177. The summed E-state index contributed by atoms with van der Waals surface area (Å²) in [6.07, 6.45) is 5.27. The number of pyridine rings is 1. The smallest absolute Gasteiger partial charge is 0.410 e. The number of aromatic nitrogens is 1. The van der Waals surface area contributed by atoms with Gasteiger partial charge in [0.15, 0.2) is 0 Å². The summed E-state index contributed by atoms with van der Waals surface area (Å²) in [6.45, 7) is 1.27. The van der Waals surface area contributed by atoms with Gasteiger partial charge >= 0.3 is 6.09 Å². The van der Waals surface area contributed by atoms with Gasteiger partial charge in [0.05, 0.1) is 22.8 Å². The molecule has 0 radical (unpaired) electrons. The first-order chi connectivity index (χ1) is 15.5. The van der Waals surface area contributed by atoms with Gasteiger partial charge < -0.3 is 20.1 Å². The summed E-state index contributed by atoms with van der Waals surface area (Å²) in [4.78, 5) is 19.4. The number of anilines is 1. The molecule has 0 spiro atoms. The van der Waals surface area contributed by atoms with Crippen LogP contribution in [0.15, 0.2) is 30.3 Å². The van der Waals surface area contributed by atoms with Crippen molar-refractivity contribution in [1.29, 1.82) is 5.26 Å². The normalized spacial score (nSPS) is 35.1. The van der Waals surface area contributed by atoms with Crippen LogP contribution < -0.4 is 5.32 Å². The maximum atomic E-state index is 12.9. The molecule has 7 heteroatoms. The average Bonchev–Trinajstić information content (AvgIpc) is 3.23. The minimum atomic E-state index is -0.509. The molecule has 1 aliphatic heterocycles. The van der Waals surface area contributed by atoms with Crippen LogP contribution in [0.2, 0.25) is 0 Å². The van der Waals surface area contributed by atoms with Gasteiger partial charge in [0.25, 0.3) is 0 Å². The van der Waals surface area contributed by atoms with Crippen LogP contribution in [0.4, 0.5) is 10.6 Å². The fraction of sp³-hybridized carbons (Fsp3) is 0.560. The highest BCUT2D eigenvalue weighted by molar-refractivity contribution is 5.81. The Morgan fingerprint density at radius 3 is 2.78 bits per heavy atom. The Balaban J connectivity index is 1.07. The third kappa shape index (κ3) is 3.47. The highest BCUT2D eigenvalue weighted by Gasteiger charge is 2.56. The highest BCUT2D eigenvalue weighted by atomic mass is 16.6. The SMILES string of the molecule is N#Cc1ccc2nc(N[C@@H]3CCN(C(=O)OC4C5CC6C[C@H]4CC(O)(C6)C5)C3)ccc2c1. The van der Waals surface area contributed by atoms with E-state index in [1.165, 1.54) is 0 Å². The number of carbonyl (C=O) groups is 1. The second-order valence-electron chi connectivity index (χ2n) is 10.3. The molecule has 1 aromatic heterocycles. The van der Waals surface area contributed by atoms with Gasteiger partial charge in [-0.3, -0.25) is 0 Å². The van der Waals surface area contributed by atoms with Crippen molar-refractivity contribution in [3.63, 3.8) is 0 Å². The van der Waals surface area contributed by atoms with Crippen molar-refractivity contribution in [2.75, 3.05) is 18.4 Å². The van der Waals surface area contributed by atoms with Gasteiger partial charge in [0.2, 0.25) is 0 Å². The number of ether oxygens (including phenoxy) is 1. The quantitative estimate of drug-likeness (QED) is 0.768. The lowest BCUT2D eigenvalue weighted by Gasteiger charge is -2.57. The Bertz CT molecular complexity index is 1100. The number of aliphatic hydroxyl groups is 1. The third-order valence-corrected chi connectivity index (χ3v) is 8.01. The number of carbonyl (C=O) groups excluding carboxylic acids is 1. The van der Waals surface area contributed by atoms with E-state index in [1.807, 2.05) is 24.3 Å². The summed E-state index contributed by atoms with van der Waals surface area (Å²) in [5, 5.41) is 24.2. The van der Waals surface area contributed by atoms with E-state index in [4.69, 9.17) is 10.00 Å². The van der Waals surface area contributed by atoms with Crippen molar-refractivity contribution in [3.8, 4) is 6.07 Å². The zero-order chi connectivity index (χ0) is 21.9. The van der Waals surface area contributed by atoms with E-state index in [0.29, 0.717) is 36.4 Å². The van der Waals surface area contributed by atoms with E-state index < -0.39 is 5.60 Å². The van der Waals surface area contributed by atoms with E-state index in [9.17, 15) is 9.90 Å². The van der Waals surface area contributed by atoms with Gasteiger partial charge in [0.1, 0.15) is 11.9 Å². The van der Waals surface area contributed by atoms with Crippen molar-refractivity contribution < 1.29 is 14.6 Å². The van der Waals surface area contributed by atoms with Crippen LogP contribution in [0.3, 0.4) is 0 Å². The molecule has 4 aliphatic carbocycles. The number of amides is 1. The van der Waals surface area contributed by atoms with Crippen LogP contribution in [0.25, 0.3) is 10.9 Å². The minimum Gasteiger partial charge on any atom is -0.446 e. The molecule has 7 nitrogen and oxygen atoms in total. The first kappa shape index (κ1) is 19.8. The number of hydrogen-bond donors (Lipinski definition) is 2. The number of fused-ring (bicyclic) bond motifs is 1. The van der Waals surface area contributed by atoms with E-state index >= 15 is 0 Å².